The molecule has 112 valence electrons. The highest BCUT2D eigenvalue weighted by Crippen LogP contribution is 2.30. The van der Waals surface area contributed by atoms with Gasteiger partial charge in [-0.25, -0.2) is 4.98 Å². The summed E-state index contributed by atoms with van der Waals surface area (Å²) in [4.78, 5) is 16.2. The molecule has 3 rings (SSSR count). The van der Waals surface area contributed by atoms with Gasteiger partial charge in [0.2, 0.25) is 11.8 Å². The molecule has 22 heavy (non-hydrogen) atoms. The SMILES string of the molecule is CCCC(=O)Nc1cc(-c2nc3ccccc3o2)ccc1Cl. The van der Waals surface area contributed by atoms with Gasteiger partial charge >= 0.3 is 0 Å². The van der Waals surface area contributed by atoms with Gasteiger partial charge in [-0.2, -0.15) is 0 Å². The summed E-state index contributed by atoms with van der Waals surface area (Å²) in [6.07, 6.45) is 1.25. The second-order valence-corrected chi connectivity index (χ2v) is 5.39. The third-order valence-electron chi connectivity index (χ3n) is 3.26. The third kappa shape index (κ3) is 2.97. The van der Waals surface area contributed by atoms with Gasteiger partial charge in [0.1, 0.15) is 5.52 Å². The lowest BCUT2D eigenvalue weighted by Gasteiger charge is -2.07. The topological polar surface area (TPSA) is 55.1 Å². The number of aromatic nitrogens is 1. The van der Waals surface area contributed by atoms with E-state index in [1.54, 1.807) is 12.1 Å². The summed E-state index contributed by atoms with van der Waals surface area (Å²) in [5, 5.41) is 3.30. The highest BCUT2D eigenvalue weighted by molar-refractivity contribution is 6.33. The van der Waals surface area contributed by atoms with Crippen molar-refractivity contribution < 1.29 is 9.21 Å². The minimum absolute atomic E-state index is 0.0564. The van der Waals surface area contributed by atoms with Crippen molar-refractivity contribution in [3.63, 3.8) is 0 Å². The fourth-order valence-electron chi connectivity index (χ4n) is 2.19. The number of halogens is 1. The van der Waals surface area contributed by atoms with Gasteiger partial charge in [0.05, 0.1) is 10.7 Å². The van der Waals surface area contributed by atoms with E-state index < -0.39 is 0 Å². The van der Waals surface area contributed by atoms with Gasteiger partial charge < -0.3 is 9.73 Å². The number of carbonyl (C=O) groups is 1. The molecular weight excluding hydrogens is 300 g/mol. The Kier molecular flexibility index (Phi) is 4.11. The van der Waals surface area contributed by atoms with E-state index in [0.29, 0.717) is 23.0 Å². The van der Waals surface area contributed by atoms with E-state index in [0.717, 1.165) is 23.1 Å². The quantitative estimate of drug-likeness (QED) is 0.746. The summed E-state index contributed by atoms with van der Waals surface area (Å²) in [6, 6.07) is 12.9. The van der Waals surface area contributed by atoms with Crippen molar-refractivity contribution in [3.8, 4) is 11.5 Å². The number of anilines is 1. The van der Waals surface area contributed by atoms with Crippen LogP contribution in [0, 0.1) is 0 Å². The molecule has 0 saturated carbocycles. The molecule has 2 aromatic carbocycles. The highest BCUT2D eigenvalue weighted by atomic mass is 35.5. The number of oxazole rings is 1. The summed E-state index contributed by atoms with van der Waals surface area (Å²) in [5.74, 6) is 0.447. The van der Waals surface area contributed by atoms with Gasteiger partial charge in [-0.15, -0.1) is 0 Å². The zero-order valence-electron chi connectivity index (χ0n) is 12.1. The number of amides is 1. The van der Waals surface area contributed by atoms with Gasteiger partial charge in [-0.1, -0.05) is 30.7 Å². The number of carbonyl (C=O) groups excluding carboxylic acids is 1. The molecule has 0 fully saturated rings. The van der Waals surface area contributed by atoms with Crippen molar-refractivity contribution >= 4 is 34.3 Å². The number of nitrogens with one attached hydrogen (secondary N) is 1. The Labute approximate surface area is 133 Å². The first-order chi connectivity index (χ1) is 10.7. The molecule has 1 amide bonds. The van der Waals surface area contributed by atoms with Crippen LogP contribution in [0.3, 0.4) is 0 Å². The molecule has 0 spiro atoms. The van der Waals surface area contributed by atoms with Crippen molar-refractivity contribution in [2.24, 2.45) is 0 Å². The van der Waals surface area contributed by atoms with Gasteiger partial charge in [-0.3, -0.25) is 4.79 Å². The lowest BCUT2D eigenvalue weighted by Crippen LogP contribution is -2.10. The number of fused-ring (bicyclic) bond motifs is 1. The Morgan fingerprint density at radius 2 is 2.09 bits per heavy atom. The number of nitrogens with zero attached hydrogens (tertiary/aromatic N) is 1. The van der Waals surface area contributed by atoms with Crippen LogP contribution in [-0.4, -0.2) is 10.9 Å². The van der Waals surface area contributed by atoms with E-state index in [1.165, 1.54) is 0 Å². The second-order valence-electron chi connectivity index (χ2n) is 4.98. The van der Waals surface area contributed by atoms with E-state index in [2.05, 4.69) is 10.3 Å². The van der Waals surface area contributed by atoms with Crippen LogP contribution >= 0.6 is 11.6 Å². The lowest BCUT2D eigenvalue weighted by molar-refractivity contribution is -0.116. The average Bonchev–Trinajstić information content (AvgIpc) is 2.93. The maximum atomic E-state index is 11.7. The zero-order chi connectivity index (χ0) is 15.5. The first kappa shape index (κ1) is 14.6. The van der Waals surface area contributed by atoms with Gasteiger partial charge in [0.15, 0.2) is 5.58 Å². The fraction of sp³-hybridized carbons (Fsp3) is 0.176. The molecule has 1 heterocycles. The summed E-state index contributed by atoms with van der Waals surface area (Å²) >= 11 is 6.14. The molecule has 0 atom stereocenters. The van der Waals surface area contributed by atoms with E-state index in [4.69, 9.17) is 16.0 Å². The molecule has 1 aromatic heterocycles. The zero-order valence-corrected chi connectivity index (χ0v) is 12.9. The van der Waals surface area contributed by atoms with Gasteiger partial charge in [0, 0.05) is 12.0 Å². The third-order valence-corrected chi connectivity index (χ3v) is 3.59. The minimum atomic E-state index is -0.0564. The fourth-order valence-corrected chi connectivity index (χ4v) is 2.35. The van der Waals surface area contributed by atoms with Crippen molar-refractivity contribution in [1.82, 2.24) is 4.98 Å². The van der Waals surface area contributed by atoms with Crippen LogP contribution in [0.25, 0.3) is 22.6 Å². The molecule has 0 radical (unpaired) electrons. The Hall–Kier alpha value is -2.33. The monoisotopic (exact) mass is 314 g/mol. The number of para-hydroxylation sites is 2. The highest BCUT2D eigenvalue weighted by Gasteiger charge is 2.11. The van der Waals surface area contributed by atoms with Crippen LogP contribution in [0.15, 0.2) is 46.9 Å². The predicted octanol–water partition coefficient (Wildman–Crippen LogP) is 4.89. The molecule has 0 saturated heterocycles. The van der Waals surface area contributed by atoms with Crippen molar-refractivity contribution in [3.05, 3.63) is 47.5 Å². The molecule has 1 N–H and O–H groups in total. The second kappa shape index (κ2) is 6.20. The normalized spacial score (nSPS) is 10.8. The minimum Gasteiger partial charge on any atom is -0.436 e. The molecular formula is C17H15ClN2O2. The van der Waals surface area contributed by atoms with Crippen LogP contribution in [0.5, 0.6) is 0 Å². The summed E-state index contributed by atoms with van der Waals surface area (Å²) in [6.45, 7) is 1.95. The molecule has 4 nitrogen and oxygen atoms in total. The molecule has 0 aliphatic rings. The van der Waals surface area contributed by atoms with Gasteiger partial charge in [0.25, 0.3) is 0 Å². The Morgan fingerprint density at radius 3 is 2.86 bits per heavy atom. The van der Waals surface area contributed by atoms with Crippen LogP contribution in [-0.2, 0) is 4.79 Å². The van der Waals surface area contributed by atoms with Crippen LogP contribution in [0.2, 0.25) is 5.02 Å². The molecule has 3 aromatic rings. The predicted molar refractivity (Wildman–Crippen MR) is 88.0 cm³/mol. The first-order valence-electron chi connectivity index (χ1n) is 7.12. The van der Waals surface area contributed by atoms with Crippen molar-refractivity contribution in [2.75, 3.05) is 5.32 Å². The van der Waals surface area contributed by atoms with Crippen LogP contribution in [0.4, 0.5) is 5.69 Å². The number of hydrogen-bond acceptors (Lipinski definition) is 3. The Morgan fingerprint density at radius 1 is 1.27 bits per heavy atom. The molecule has 0 unspecified atom stereocenters. The largest absolute Gasteiger partial charge is 0.436 e. The average molecular weight is 315 g/mol. The van der Waals surface area contributed by atoms with E-state index in [-0.39, 0.29) is 5.91 Å². The van der Waals surface area contributed by atoms with E-state index in [9.17, 15) is 4.79 Å². The summed E-state index contributed by atoms with van der Waals surface area (Å²) < 4.78 is 5.73. The standard InChI is InChI=1S/C17H15ClN2O2/c1-2-5-16(21)19-14-10-11(8-9-12(14)18)17-20-13-6-3-4-7-15(13)22-17/h3-4,6-10H,2,5H2,1H3,(H,19,21). The van der Waals surface area contributed by atoms with Gasteiger partial charge in [-0.05, 0) is 36.8 Å². The summed E-state index contributed by atoms with van der Waals surface area (Å²) in [5.41, 5.74) is 2.86. The molecule has 0 bridgehead atoms. The molecule has 5 heteroatoms. The number of benzene rings is 2. The lowest BCUT2D eigenvalue weighted by atomic mass is 10.2. The van der Waals surface area contributed by atoms with E-state index >= 15 is 0 Å². The maximum absolute atomic E-state index is 11.7. The summed E-state index contributed by atoms with van der Waals surface area (Å²) in [7, 11) is 0. The smallest absolute Gasteiger partial charge is 0.227 e. The Bertz CT molecular complexity index is 793. The van der Waals surface area contributed by atoms with E-state index in [1.807, 2.05) is 37.3 Å². The number of rotatable bonds is 4. The van der Waals surface area contributed by atoms with Crippen molar-refractivity contribution in [1.29, 1.82) is 0 Å². The van der Waals surface area contributed by atoms with Crippen LogP contribution < -0.4 is 5.32 Å². The maximum Gasteiger partial charge on any atom is 0.227 e. The first-order valence-corrected chi connectivity index (χ1v) is 7.50. The van der Waals surface area contributed by atoms with Crippen LogP contribution in [0.1, 0.15) is 19.8 Å². The van der Waals surface area contributed by atoms with Crippen molar-refractivity contribution in [2.45, 2.75) is 19.8 Å². The Balaban J connectivity index is 1.95. The molecule has 0 aliphatic heterocycles. The molecule has 0 aliphatic carbocycles. The number of hydrogen-bond donors (Lipinski definition) is 1.